The minimum absolute atomic E-state index is 0. The minimum Gasteiger partial charge on any atom is -0.350 e. The van der Waals surface area contributed by atoms with Crippen LogP contribution in [-0.2, 0) is 13.5 Å². The van der Waals surface area contributed by atoms with E-state index in [-0.39, 0.29) is 18.2 Å². The van der Waals surface area contributed by atoms with Crippen LogP contribution in [0, 0.1) is 5.82 Å². The van der Waals surface area contributed by atoms with E-state index in [1.54, 1.807) is 6.07 Å². The molecular formula is C11H14ClFN2. The average Bonchev–Trinajstić information content (AvgIpc) is 2.50. The number of nitrogens with two attached hydrogens (primary N) is 1. The maximum atomic E-state index is 13.5. The molecule has 1 heterocycles. The van der Waals surface area contributed by atoms with E-state index in [1.807, 2.05) is 29.9 Å². The quantitative estimate of drug-likeness (QED) is 0.840. The van der Waals surface area contributed by atoms with Crippen LogP contribution in [0.3, 0.4) is 0 Å². The second-order valence-corrected chi connectivity index (χ2v) is 3.47. The molecule has 4 heteroatoms. The third-order valence-electron chi connectivity index (χ3n) is 2.47. The first-order valence-electron chi connectivity index (χ1n) is 4.66. The fraction of sp³-hybridized carbons (Fsp3) is 0.273. The summed E-state index contributed by atoms with van der Waals surface area (Å²) >= 11 is 0. The molecule has 1 aromatic heterocycles. The van der Waals surface area contributed by atoms with Crippen LogP contribution in [0.5, 0.6) is 0 Å². The monoisotopic (exact) mass is 228 g/mol. The van der Waals surface area contributed by atoms with Crippen LogP contribution in [0.1, 0.15) is 5.56 Å². The van der Waals surface area contributed by atoms with Gasteiger partial charge < -0.3 is 10.3 Å². The normalized spacial score (nSPS) is 10.3. The summed E-state index contributed by atoms with van der Waals surface area (Å²) in [5.74, 6) is -0.162. The third kappa shape index (κ3) is 2.13. The van der Waals surface area contributed by atoms with Crippen LogP contribution in [-0.4, -0.2) is 11.1 Å². The Kier molecular flexibility index (Phi) is 3.72. The highest BCUT2D eigenvalue weighted by molar-refractivity contribution is 5.85. The highest BCUT2D eigenvalue weighted by Crippen LogP contribution is 2.19. The molecule has 82 valence electrons. The van der Waals surface area contributed by atoms with Crippen LogP contribution < -0.4 is 5.73 Å². The standard InChI is InChI=1S/C11H13FN2.ClH/c1-14-5-3-9-6-8(2-4-13)10(12)7-11(9)14;/h3,5-7H,2,4,13H2,1H3;1H. The smallest absolute Gasteiger partial charge is 0.128 e. The summed E-state index contributed by atoms with van der Waals surface area (Å²) in [6.45, 7) is 0.481. The zero-order chi connectivity index (χ0) is 10.1. The van der Waals surface area contributed by atoms with Gasteiger partial charge in [-0.2, -0.15) is 0 Å². The zero-order valence-corrected chi connectivity index (χ0v) is 9.35. The molecular weight excluding hydrogens is 215 g/mol. The Labute approximate surface area is 94.3 Å². The van der Waals surface area contributed by atoms with Crippen LogP contribution in [0.2, 0.25) is 0 Å². The lowest BCUT2D eigenvalue weighted by Crippen LogP contribution is -2.04. The Bertz CT molecular complexity index is 465. The molecule has 0 saturated heterocycles. The van der Waals surface area contributed by atoms with Gasteiger partial charge >= 0.3 is 0 Å². The summed E-state index contributed by atoms with van der Waals surface area (Å²) in [5, 5.41) is 1.07. The van der Waals surface area contributed by atoms with Gasteiger partial charge in [0.2, 0.25) is 0 Å². The molecule has 15 heavy (non-hydrogen) atoms. The van der Waals surface area contributed by atoms with Gasteiger partial charge in [-0.25, -0.2) is 4.39 Å². The fourth-order valence-electron chi connectivity index (χ4n) is 1.69. The Morgan fingerprint density at radius 3 is 2.80 bits per heavy atom. The number of rotatable bonds is 2. The summed E-state index contributed by atoms with van der Waals surface area (Å²) in [5.41, 5.74) is 7.03. The molecule has 0 radical (unpaired) electrons. The number of nitrogens with zero attached hydrogens (tertiary/aromatic N) is 1. The van der Waals surface area contributed by atoms with E-state index in [2.05, 4.69) is 0 Å². The number of fused-ring (bicyclic) bond motifs is 1. The lowest BCUT2D eigenvalue weighted by atomic mass is 10.1. The van der Waals surface area contributed by atoms with Crippen molar-refractivity contribution in [1.82, 2.24) is 4.57 Å². The predicted molar refractivity (Wildman–Crippen MR) is 62.9 cm³/mol. The maximum Gasteiger partial charge on any atom is 0.128 e. The molecule has 0 spiro atoms. The molecule has 2 N–H and O–H groups in total. The lowest BCUT2D eigenvalue weighted by molar-refractivity contribution is 0.611. The number of benzene rings is 1. The first kappa shape index (κ1) is 12.0. The summed E-state index contributed by atoms with van der Waals surface area (Å²) < 4.78 is 15.4. The second-order valence-electron chi connectivity index (χ2n) is 3.47. The predicted octanol–water partition coefficient (Wildman–Crippen LogP) is 2.24. The molecule has 1 aromatic carbocycles. The van der Waals surface area contributed by atoms with E-state index in [9.17, 15) is 4.39 Å². The SMILES string of the molecule is Cl.Cn1ccc2cc(CCN)c(F)cc21. The highest BCUT2D eigenvalue weighted by atomic mass is 35.5. The van der Waals surface area contributed by atoms with Crippen molar-refractivity contribution in [2.24, 2.45) is 12.8 Å². The van der Waals surface area contributed by atoms with Gasteiger partial charge in [-0.15, -0.1) is 12.4 Å². The number of hydrogen-bond donors (Lipinski definition) is 1. The van der Waals surface area contributed by atoms with Crippen molar-refractivity contribution in [1.29, 1.82) is 0 Å². The van der Waals surface area contributed by atoms with E-state index in [4.69, 9.17) is 5.73 Å². The molecule has 0 unspecified atom stereocenters. The lowest BCUT2D eigenvalue weighted by Gasteiger charge is -2.03. The molecule has 2 nitrogen and oxygen atoms in total. The first-order valence-corrected chi connectivity index (χ1v) is 4.66. The van der Waals surface area contributed by atoms with Crippen LogP contribution in [0.15, 0.2) is 24.4 Å². The average molecular weight is 229 g/mol. The number of aromatic nitrogens is 1. The molecule has 2 aromatic rings. The first-order chi connectivity index (χ1) is 6.72. The van der Waals surface area contributed by atoms with Crippen molar-refractivity contribution in [2.75, 3.05) is 6.54 Å². The van der Waals surface area contributed by atoms with Gasteiger partial charge in [0.1, 0.15) is 5.82 Å². The molecule has 2 rings (SSSR count). The van der Waals surface area contributed by atoms with E-state index in [0.29, 0.717) is 18.5 Å². The third-order valence-corrected chi connectivity index (χ3v) is 2.47. The van der Waals surface area contributed by atoms with Crippen molar-refractivity contribution < 1.29 is 4.39 Å². The van der Waals surface area contributed by atoms with Gasteiger partial charge in [0.25, 0.3) is 0 Å². The topological polar surface area (TPSA) is 30.9 Å². The second kappa shape index (κ2) is 4.64. The van der Waals surface area contributed by atoms with Crippen LogP contribution in [0.25, 0.3) is 10.9 Å². The van der Waals surface area contributed by atoms with Gasteiger partial charge in [-0.1, -0.05) is 0 Å². The molecule has 0 atom stereocenters. The Balaban J connectivity index is 0.00000112. The largest absolute Gasteiger partial charge is 0.350 e. The molecule has 0 saturated carbocycles. The summed E-state index contributed by atoms with van der Waals surface area (Å²) in [6.07, 6.45) is 2.52. The number of hydrogen-bond acceptors (Lipinski definition) is 1. The summed E-state index contributed by atoms with van der Waals surface area (Å²) in [7, 11) is 1.91. The van der Waals surface area contributed by atoms with E-state index < -0.39 is 0 Å². The Hall–Kier alpha value is -1.06. The molecule has 0 aliphatic carbocycles. The Morgan fingerprint density at radius 1 is 1.40 bits per heavy atom. The fourth-order valence-corrected chi connectivity index (χ4v) is 1.69. The van der Waals surface area contributed by atoms with E-state index in [0.717, 1.165) is 10.9 Å². The van der Waals surface area contributed by atoms with Crippen molar-refractivity contribution in [3.8, 4) is 0 Å². The maximum absolute atomic E-state index is 13.5. The molecule has 0 aliphatic rings. The molecule has 0 aliphatic heterocycles. The molecule has 0 bridgehead atoms. The number of aryl methyl sites for hydroxylation is 1. The summed E-state index contributed by atoms with van der Waals surface area (Å²) in [4.78, 5) is 0. The van der Waals surface area contributed by atoms with Crippen LogP contribution in [0.4, 0.5) is 4.39 Å². The summed E-state index contributed by atoms with van der Waals surface area (Å²) in [6, 6.07) is 5.42. The van der Waals surface area contributed by atoms with Crippen molar-refractivity contribution in [2.45, 2.75) is 6.42 Å². The van der Waals surface area contributed by atoms with E-state index >= 15 is 0 Å². The van der Waals surface area contributed by atoms with Gasteiger partial charge in [0, 0.05) is 18.6 Å². The molecule has 0 amide bonds. The van der Waals surface area contributed by atoms with Crippen LogP contribution >= 0.6 is 12.4 Å². The molecule has 0 fully saturated rings. The van der Waals surface area contributed by atoms with E-state index in [1.165, 1.54) is 0 Å². The van der Waals surface area contributed by atoms with Crippen molar-refractivity contribution in [3.63, 3.8) is 0 Å². The van der Waals surface area contributed by atoms with Crippen molar-refractivity contribution >= 4 is 23.3 Å². The van der Waals surface area contributed by atoms with Crippen molar-refractivity contribution in [3.05, 3.63) is 35.8 Å². The zero-order valence-electron chi connectivity index (χ0n) is 8.53. The highest BCUT2D eigenvalue weighted by Gasteiger charge is 2.05. The van der Waals surface area contributed by atoms with Gasteiger partial charge in [0.15, 0.2) is 0 Å². The van der Waals surface area contributed by atoms with Gasteiger partial charge in [0.05, 0.1) is 5.52 Å². The number of halogens is 2. The van der Waals surface area contributed by atoms with Gasteiger partial charge in [-0.05, 0) is 36.7 Å². The Morgan fingerprint density at radius 2 is 2.13 bits per heavy atom. The minimum atomic E-state index is -0.162. The van der Waals surface area contributed by atoms with Gasteiger partial charge in [-0.3, -0.25) is 0 Å².